The van der Waals surface area contributed by atoms with E-state index in [2.05, 4.69) is 15.3 Å². The second-order valence-corrected chi connectivity index (χ2v) is 5.66. The maximum Gasteiger partial charge on any atom is 0.269 e. The van der Waals surface area contributed by atoms with E-state index in [0.717, 1.165) is 38.6 Å². The summed E-state index contributed by atoms with van der Waals surface area (Å²) >= 11 is 0. The fraction of sp³-hybridized carbons (Fsp3) is 0.500. The molecule has 1 saturated heterocycles. The van der Waals surface area contributed by atoms with Gasteiger partial charge in [0.1, 0.15) is 17.1 Å². The largest absolute Gasteiger partial charge is 0.460 e. The van der Waals surface area contributed by atoms with E-state index >= 15 is 0 Å². The zero-order chi connectivity index (χ0) is 16.2. The first-order chi connectivity index (χ1) is 11.1. The zero-order valence-corrected chi connectivity index (χ0v) is 13.5. The van der Waals surface area contributed by atoms with E-state index in [1.165, 1.54) is 0 Å². The summed E-state index contributed by atoms with van der Waals surface area (Å²) in [6.45, 7) is 6.69. The number of carbonyl (C=O) groups is 1. The minimum absolute atomic E-state index is 0.122. The lowest BCUT2D eigenvalue weighted by Gasteiger charge is -2.26. The molecule has 3 rings (SSSR count). The van der Waals surface area contributed by atoms with Gasteiger partial charge in [0.2, 0.25) is 0 Å². The Bertz CT molecular complexity index is 671. The molecule has 3 heterocycles. The molecule has 7 heteroatoms. The molecule has 2 aromatic heterocycles. The van der Waals surface area contributed by atoms with Gasteiger partial charge in [0.05, 0.1) is 13.2 Å². The van der Waals surface area contributed by atoms with Crippen molar-refractivity contribution >= 4 is 5.91 Å². The molecule has 23 heavy (non-hydrogen) atoms. The molecule has 0 spiro atoms. The van der Waals surface area contributed by atoms with E-state index in [0.29, 0.717) is 23.7 Å². The molecule has 2 aromatic rings. The number of carbonyl (C=O) groups excluding carboxylic acids is 1. The van der Waals surface area contributed by atoms with Crippen LogP contribution in [0.2, 0.25) is 0 Å². The average Bonchev–Trinajstić information content (AvgIpc) is 3.14. The molecule has 1 aliphatic rings. The van der Waals surface area contributed by atoms with E-state index < -0.39 is 0 Å². The Balaban J connectivity index is 1.57. The quantitative estimate of drug-likeness (QED) is 0.892. The molecule has 0 atom stereocenters. The topological polar surface area (TPSA) is 72.5 Å². The first kappa shape index (κ1) is 15.8. The summed E-state index contributed by atoms with van der Waals surface area (Å²) in [4.78, 5) is 14.6. The van der Waals surface area contributed by atoms with Gasteiger partial charge < -0.3 is 14.5 Å². The highest BCUT2D eigenvalue weighted by molar-refractivity contribution is 5.93. The molecule has 0 radical (unpaired) electrons. The van der Waals surface area contributed by atoms with Crippen LogP contribution >= 0.6 is 0 Å². The third-order valence-electron chi connectivity index (χ3n) is 3.92. The number of nitrogens with zero attached hydrogens (tertiary/aromatic N) is 3. The van der Waals surface area contributed by atoms with Gasteiger partial charge in [-0.2, -0.15) is 5.10 Å². The molecule has 1 fully saturated rings. The second kappa shape index (κ2) is 6.97. The van der Waals surface area contributed by atoms with Gasteiger partial charge in [-0.05, 0) is 19.1 Å². The number of hydrogen-bond donors (Lipinski definition) is 1. The zero-order valence-electron chi connectivity index (χ0n) is 13.5. The molecule has 7 nitrogen and oxygen atoms in total. The predicted octanol–water partition coefficient (Wildman–Crippen LogP) is 1.05. The number of furan rings is 1. The smallest absolute Gasteiger partial charge is 0.269 e. The maximum absolute atomic E-state index is 12.3. The predicted molar refractivity (Wildman–Crippen MR) is 85.2 cm³/mol. The number of ether oxygens (including phenoxy) is 1. The van der Waals surface area contributed by atoms with Crippen molar-refractivity contribution in [1.82, 2.24) is 20.0 Å². The van der Waals surface area contributed by atoms with Crippen LogP contribution in [0.5, 0.6) is 0 Å². The van der Waals surface area contributed by atoms with Crippen LogP contribution in [0, 0.1) is 6.92 Å². The average molecular weight is 318 g/mol. The maximum atomic E-state index is 12.3. The normalized spacial score (nSPS) is 15.7. The minimum Gasteiger partial charge on any atom is -0.460 e. The van der Waals surface area contributed by atoms with Gasteiger partial charge in [0, 0.05) is 39.3 Å². The van der Waals surface area contributed by atoms with E-state index in [4.69, 9.17) is 9.15 Å². The Morgan fingerprint density at radius 3 is 2.83 bits per heavy atom. The number of aromatic nitrogens is 2. The van der Waals surface area contributed by atoms with E-state index in [-0.39, 0.29) is 5.91 Å². The van der Waals surface area contributed by atoms with Crippen LogP contribution in [0.3, 0.4) is 0 Å². The van der Waals surface area contributed by atoms with E-state index in [1.807, 2.05) is 19.1 Å². The van der Waals surface area contributed by atoms with Gasteiger partial charge in [0.15, 0.2) is 5.76 Å². The Morgan fingerprint density at radius 2 is 2.13 bits per heavy atom. The summed E-state index contributed by atoms with van der Waals surface area (Å²) in [7, 11) is 1.76. The SMILES string of the molecule is Cc1ccc(-c2cc(C(=O)NCCN3CCOCC3)n(C)n2)o1. The number of morpholine rings is 1. The van der Waals surface area contributed by atoms with Crippen LogP contribution in [-0.2, 0) is 11.8 Å². The molecule has 1 N–H and O–H groups in total. The van der Waals surface area contributed by atoms with Gasteiger partial charge in [-0.1, -0.05) is 0 Å². The van der Waals surface area contributed by atoms with Crippen LogP contribution in [0.15, 0.2) is 22.6 Å². The van der Waals surface area contributed by atoms with Gasteiger partial charge in [0.25, 0.3) is 5.91 Å². The molecule has 0 aromatic carbocycles. The van der Waals surface area contributed by atoms with E-state index in [1.54, 1.807) is 17.8 Å². The van der Waals surface area contributed by atoms with Gasteiger partial charge in [-0.25, -0.2) is 0 Å². The first-order valence-electron chi connectivity index (χ1n) is 7.82. The summed E-state index contributed by atoms with van der Waals surface area (Å²) < 4.78 is 12.4. The minimum atomic E-state index is -0.122. The van der Waals surface area contributed by atoms with Crippen molar-refractivity contribution in [2.75, 3.05) is 39.4 Å². The van der Waals surface area contributed by atoms with E-state index in [9.17, 15) is 4.79 Å². The van der Waals surface area contributed by atoms with Crippen molar-refractivity contribution in [1.29, 1.82) is 0 Å². The van der Waals surface area contributed by atoms with Gasteiger partial charge in [-0.3, -0.25) is 14.4 Å². The molecule has 0 aliphatic carbocycles. The highest BCUT2D eigenvalue weighted by Gasteiger charge is 2.16. The summed E-state index contributed by atoms with van der Waals surface area (Å²) in [5.41, 5.74) is 1.19. The van der Waals surface area contributed by atoms with Crippen LogP contribution in [-0.4, -0.2) is 60.0 Å². The van der Waals surface area contributed by atoms with Crippen molar-refractivity contribution in [2.45, 2.75) is 6.92 Å². The standard InChI is InChI=1S/C16H22N4O3/c1-12-3-4-15(23-12)13-11-14(19(2)18-13)16(21)17-5-6-20-7-9-22-10-8-20/h3-4,11H,5-10H2,1-2H3,(H,17,21). The summed E-state index contributed by atoms with van der Waals surface area (Å²) in [5.74, 6) is 1.37. The lowest BCUT2D eigenvalue weighted by Crippen LogP contribution is -2.41. The molecule has 1 amide bonds. The Labute approximate surface area is 135 Å². The van der Waals surface area contributed by atoms with Gasteiger partial charge >= 0.3 is 0 Å². The Kier molecular flexibility index (Phi) is 4.78. The fourth-order valence-corrected chi connectivity index (χ4v) is 2.62. The van der Waals surface area contributed by atoms with Crippen molar-refractivity contribution in [3.8, 4) is 11.5 Å². The van der Waals surface area contributed by atoms with Crippen molar-refractivity contribution in [3.63, 3.8) is 0 Å². The highest BCUT2D eigenvalue weighted by atomic mass is 16.5. The Hall–Kier alpha value is -2.12. The van der Waals surface area contributed by atoms with Crippen LogP contribution in [0.25, 0.3) is 11.5 Å². The lowest BCUT2D eigenvalue weighted by atomic mass is 10.3. The molecule has 0 unspecified atom stereocenters. The number of nitrogens with one attached hydrogen (secondary N) is 1. The van der Waals surface area contributed by atoms with Crippen LogP contribution < -0.4 is 5.32 Å². The van der Waals surface area contributed by atoms with Gasteiger partial charge in [-0.15, -0.1) is 0 Å². The van der Waals surface area contributed by atoms with Crippen molar-refractivity contribution < 1.29 is 13.9 Å². The number of hydrogen-bond acceptors (Lipinski definition) is 5. The summed E-state index contributed by atoms with van der Waals surface area (Å²) in [6.07, 6.45) is 0. The number of amides is 1. The summed E-state index contributed by atoms with van der Waals surface area (Å²) in [6, 6.07) is 5.49. The number of aryl methyl sites for hydroxylation is 2. The molecule has 0 saturated carbocycles. The molecule has 1 aliphatic heterocycles. The monoisotopic (exact) mass is 318 g/mol. The molecular weight excluding hydrogens is 296 g/mol. The van der Waals surface area contributed by atoms with Crippen LogP contribution in [0.1, 0.15) is 16.2 Å². The highest BCUT2D eigenvalue weighted by Crippen LogP contribution is 2.21. The Morgan fingerprint density at radius 1 is 1.35 bits per heavy atom. The van der Waals surface area contributed by atoms with Crippen LogP contribution in [0.4, 0.5) is 0 Å². The molecule has 0 bridgehead atoms. The third-order valence-corrected chi connectivity index (χ3v) is 3.92. The van der Waals surface area contributed by atoms with Crippen molar-refractivity contribution in [2.24, 2.45) is 7.05 Å². The van der Waals surface area contributed by atoms with Crippen molar-refractivity contribution in [3.05, 3.63) is 29.7 Å². The first-order valence-corrected chi connectivity index (χ1v) is 7.82. The second-order valence-electron chi connectivity index (χ2n) is 5.66. The lowest BCUT2D eigenvalue weighted by molar-refractivity contribution is 0.0383. The number of rotatable bonds is 5. The fourth-order valence-electron chi connectivity index (χ4n) is 2.62. The third kappa shape index (κ3) is 3.80. The summed E-state index contributed by atoms with van der Waals surface area (Å²) in [5, 5.41) is 7.29. The molecule has 124 valence electrons. The molecular formula is C16H22N4O3.